The van der Waals surface area contributed by atoms with Gasteiger partial charge in [-0.2, -0.15) is 5.10 Å². The Kier molecular flexibility index (Phi) is 7.91. The lowest BCUT2D eigenvalue weighted by molar-refractivity contribution is -0.119. The van der Waals surface area contributed by atoms with Crippen LogP contribution in [-0.2, 0) is 20.2 Å². The number of sulfonamides is 1. The van der Waals surface area contributed by atoms with Gasteiger partial charge in [0.05, 0.1) is 11.9 Å². The molecule has 9 heteroatoms. The van der Waals surface area contributed by atoms with E-state index in [1.807, 2.05) is 37.3 Å². The number of rotatable bonds is 8. The number of halogens is 2. The van der Waals surface area contributed by atoms with E-state index in [1.54, 1.807) is 0 Å². The molecular formula is C21H25Cl2N3O3S. The van der Waals surface area contributed by atoms with E-state index in [9.17, 15) is 13.2 Å². The molecule has 0 saturated carbocycles. The van der Waals surface area contributed by atoms with E-state index >= 15 is 0 Å². The van der Waals surface area contributed by atoms with Crippen LogP contribution >= 0.6 is 23.2 Å². The number of carbonyl (C=O) groups excluding carboxylic acids is 1. The molecule has 162 valence electrons. The Balaban J connectivity index is 2.10. The van der Waals surface area contributed by atoms with Gasteiger partial charge in [0.15, 0.2) is 0 Å². The molecular weight excluding hydrogens is 445 g/mol. The summed E-state index contributed by atoms with van der Waals surface area (Å²) in [5.41, 5.74) is 4.34. The van der Waals surface area contributed by atoms with Crippen LogP contribution < -0.4 is 9.73 Å². The lowest BCUT2D eigenvalue weighted by Gasteiger charge is -2.25. The number of anilines is 1. The van der Waals surface area contributed by atoms with Crippen LogP contribution in [0.4, 0.5) is 5.69 Å². The molecule has 0 bridgehead atoms. The maximum absolute atomic E-state index is 12.4. The van der Waals surface area contributed by atoms with E-state index in [0.717, 1.165) is 16.1 Å². The number of nitrogens with zero attached hydrogens (tertiary/aromatic N) is 2. The number of carbonyl (C=O) groups is 1. The molecule has 2 aromatic carbocycles. The maximum atomic E-state index is 12.4. The summed E-state index contributed by atoms with van der Waals surface area (Å²) in [4.78, 5) is 12.4. The topological polar surface area (TPSA) is 78.8 Å². The van der Waals surface area contributed by atoms with Gasteiger partial charge >= 0.3 is 0 Å². The summed E-state index contributed by atoms with van der Waals surface area (Å²) >= 11 is 11.9. The predicted molar refractivity (Wildman–Crippen MR) is 124 cm³/mol. The summed E-state index contributed by atoms with van der Waals surface area (Å²) in [5, 5.41) is 4.68. The van der Waals surface area contributed by atoms with Crippen molar-refractivity contribution in [3.05, 3.63) is 64.1 Å². The second-order valence-electron chi connectivity index (χ2n) is 7.71. The number of benzene rings is 2. The van der Waals surface area contributed by atoms with Crippen molar-refractivity contribution in [1.29, 1.82) is 0 Å². The molecule has 0 aromatic heterocycles. The minimum atomic E-state index is -3.74. The monoisotopic (exact) mass is 469 g/mol. The van der Waals surface area contributed by atoms with Crippen molar-refractivity contribution in [1.82, 2.24) is 5.43 Å². The molecule has 2 aromatic rings. The molecule has 6 nitrogen and oxygen atoms in total. The molecule has 0 aliphatic rings. The van der Waals surface area contributed by atoms with Gasteiger partial charge in [-0.1, -0.05) is 67.4 Å². The number of nitrogens with one attached hydrogen (secondary N) is 1. The maximum Gasteiger partial charge on any atom is 0.260 e. The zero-order valence-corrected chi connectivity index (χ0v) is 19.6. The Bertz CT molecular complexity index is 1020. The molecule has 0 unspecified atom stereocenters. The van der Waals surface area contributed by atoms with Gasteiger partial charge in [0.1, 0.15) is 6.54 Å². The zero-order valence-electron chi connectivity index (χ0n) is 17.3. The largest absolute Gasteiger partial charge is 0.271 e. The zero-order chi connectivity index (χ0) is 22.5. The van der Waals surface area contributed by atoms with Crippen LogP contribution in [0.25, 0.3) is 0 Å². The first-order valence-electron chi connectivity index (χ1n) is 9.20. The van der Waals surface area contributed by atoms with Crippen LogP contribution in [0.1, 0.15) is 32.8 Å². The minimum absolute atomic E-state index is 0.171. The molecule has 0 spiro atoms. The lowest BCUT2D eigenvalue weighted by atomic mass is 9.80. The first-order valence-corrected chi connectivity index (χ1v) is 11.8. The van der Waals surface area contributed by atoms with E-state index in [1.165, 1.54) is 18.2 Å². The van der Waals surface area contributed by atoms with Crippen LogP contribution in [0.2, 0.25) is 10.0 Å². The van der Waals surface area contributed by atoms with Crippen LogP contribution in [-0.4, -0.2) is 32.8 Å². The summed E-state index contributed by atoms with van der Waals surface area (Å²) in [6.07, 6.45) is 1.63. The van der Waals surface area contributed by atoms with Gasteiger partial charge in [0, 0.05) is 15.8 Å². The van der Waals surface area contributed by atoms with E-state index in [2.05, 4.69) is 24.4 Å². The van der Waals surface area contributed by atoms with Crippen molar-refractivity contribution in [3.63, 3.8) is 0 Å². The van der Waals surface area contributed by atoms with Crippen LogP contribution in [0, 0.1) is 0 Å². The van der Waals surface area contributed by atoms with Crippen LogP contribution in [0.3, 0.4) is 0 Å². The first kappa shape index (κ1) is 24.2. The van der Waals surface area contributed by atoms with Crippen LogP contribution in [0.5, 0.6) is 0 Å². The highest BCUT2D eigenvalue weighted by atomic mass is 35.5. The highest BCUT2D eigenvalue weighted by Crippen LogP contribution is 2.28. The summed E-state index contributed by atoms with van der Waals surface area (Å²) in [7, 11) is -3.74. The van der Waals surface area contributed by atoms with Gasteiger partial charge in [-0.15, -0.1) is 0 Å². The molecule has 0 aliphatic heterocycles. The SMILES string of the molecule is C/C(CC(C)(C)c1ccccc1)=N/NC(=O)CN(c1cc(Cl)cc(Cl)c1)S(C)(=O)=O. The van der Waals surface area contributed by atoms with Crippen molar-refractivity contribution < 1.29 is 13.2 Å². The predicted octanol–water partition coefficient (Wildman–Crippen LogP) is 4.62. The Morgan fingerprint density at radius 3 is 2.20 bits per heavy atom. The molecule has 1 N–H and O–H groups in total. The Hall–Kier alpha value is -2.09. The minimum Gasteiger partial charge on any atom is -0.271 e. The number of hydrazone groups is 1. The van der Waals surface area contributed by atoms with Crippen molar-refractivity contribution in [3.8, 4) is 0 Å². The number of hydrogen-bond donors (Lipinski definition) is 1. The first-order chi connectivity index (χ1) is 13.9. The van der Waals surface area contributed by atoms with Gasteiger partial charge in [0.25, 0.3) is 5.91 Å². The van der Waals surface area contributed by atoms with E-state index < -0.39 is 22.5 Å². The second-order valence-corrected chi connectivity index (χ2v) is 10.5. The fraction of sp³-hybridized carbons (Fsp3) is 0.333. The highest BCUT2D eigenvalue weighted by molar-refractivity contribution is 7.92. The average molecular weight is 470 g/mol. The van der Waals surface area contributed by atoms with E-state index in [-0.39, 0.29) is 21.1 Å². The molecule has 0 radical (unpaired) electrons. The standard InChI is InChI=1S/C21H25Cl2N3O3S/c1-15(13-21(2,3)16-8-6-5-7-9-16)24-25-20(27)14-26(30(4,28)29)19-11-17(22)10-18(23)12-19/h5-12H,13-14H2,1-4H3,(H,25,27)/b24-15-. The normalized spacial score (nSPS) is 12.5. The van der Waals surface area contributed by atoms with Gasteiger partial charge in [-0.05, 0) is 42.5 Å². The Labute approximate surface area is 187 Å². The Morgan fingerprint density at radius 1 is 1.10 bits per heavy atom. The summed E-state index contributed by atoms with van der Waals surface area (Å²) in [5.74, 6) is -0.576. The highest BCUT2D eigenvalue weighted by Gasteiger charge is 2.23. The Morgan fingerprint density at radius 2 is 1.67 bits per heavy atom. The van der Waals surface area contributed by atoms with Gasteiger partial charge in [0.2, 0.25) is 10.0 Å². The number of hydrogen-bond acceptors (Lipinski definition) is 4. The van der Waals surface area contributed by atoms with E-state index in [0.29, 0.717) is 12.1 Å². The molecule has 1 amide bonds. The fourth-order valence-electron chi connectivity index (χ4n) is 3.08. The summed E-state index contributed by atoms with van der Waals surface area (Å²) < 4.78 is 25.3. The molecule has 0 saturated heterocycles. The second kappa shape index (κ2) is 9.81. The molecule has 0 atom stereocenters. The van der Waals surface area contributed by atoms with Gasteiger partial charge in [-0.3, -0.25) is 9.10 Å². The van der Waals surface area contributed by atoms with Crippen LogP contribution in [0.15, 0.2) is 53.6 Å². The molecule has 30 heavy (non-hydrogen) atoms. The summed E-state index contributed by atoms with van der Waals surface area (Å²) in [6.45, 7) is 5.55. The molecule has 0 fully saturated rings. The molecule has 0 heterocycles. The lowest BCUT2D eigenvalue weighted by Crippen LogP contribution is -2.39. The quantitative estimate of drug-likeness (QED) is 0.452. The third-order valence-electron chi connectivity index (χ3n) is 4.45. The molecule has 0 aliphatic carbocycles. The average Bonchev–Trinajstić information content (AvgIpc) is 2.63. The van der Waals surface area contributed by atoms with E-state index in [4.69, 9.17) is 23.2 Å². The van der Waals surface area contributed by atoms with Crippen molar-refractivity contribution >= 4 is 50.5 Å². The van der Waals surface area contributed by atoms with Crippen molar-refractivity contribution in [2.24, 2.45) is 5.10 Å². The third-order valence-corrected chi connectivity index (χ3v) is 6.02. The van der Waals surface area contributed by atoms with Crippen molar-refractivity contribution in [2.45, 2.75) is 32.6 Å². The number of amides is 1. The molecule has 2 rings (SSSR count). The van der Waals surface area contributed by atoms with Crippen molar-refractivity contribution in [2.75, 3.05) is 17.1 Å². The smallest absolute Gasteiger partial charge is 0.260 e. The summed E-state index contributed by atoms with van der Waals surface area (Å²) in [6, 6.07) is 14.4. The van der Waals surface area contributed by atoms with Gasteiger partial charge < -0.3 is 0 Å². The third kappa shape index (κ3) is 7.00. The fourth-order valence-corrected chi connectivity index (χ4v) is 4.43. The van der Waals surface area contributed by atoms with Gasteiger partial charge in [-0.25, -0.2) is 13.8 Å².